The molecule has 26 heavy (non-hydrogen) atoms. The molecule has 0 radical (unpaired) electrons. The molecule has 0 fully saturated rings. The molecule has 3 N–H and O–H groups in total. The van der Waals surface area contributed by atoms with Gasteiger partial charge in [-0.3, -0.25) is 14.7 Å². The van der Waals surface area contributed by atoms with E-state index in [0.29, 0.717) is 5.41 Å². The fourth-order valence-electron chi connectivity index (χ4n) is 2.55. The minimum absolute atomic E-state index is 0.331. The van der Waals surface area contributed by atoms with Crippen molar-refractivity contribution in [1.82, 2.24) is 0 Å². The number of fused-ring (bicyclic) bond motifs is 2. The second-order valence-corrected chi connectivity index (χ2v) is 9.51. The summed E-state index contributed by atoms with van der Waals surface area (Å²) in [6.07, 6.45) is 0. The van der Waals surface area contributed by atoms with Crippen molar-refractivity contribution in [2.45, 2.75) is 41.8 Å². The molecule has 2 aromatic rings. The first-order chi connectivity index (χ1) is 11.9. The number of benzene rings is 2. The average Bonchev–Trinajstić information content (AvgIpc) is 2.53. The Balaban J connectivity index is 0.000000195. The lowest BCUT2D eigenvalue weighted by molar-refractivity contribution is -0.386. The van der Waals surface area contributed by atoms with E-state index in [1.807, 2.05) is 11.8 Å². The third kappa shape index (κ3) is 4.52. The van der Waals surface area contributed by atoms with E-state index in [4.69, 9.17) is 9.79 Å². The molecular weight excluding hydrogens is 377 g/mol. The third-order valence-electron chi connectivity index (χ3n) is 3.69. The molecule has 2 heterocycles. The van der Waals surface area contributed by atoms with Crippen LogP contribution in [0.2, 0.25) is 0 Å². The standard InChI is InChI=1S/C10H12S.C7H8NO6P/c1-10(2,3)9-7-5-4-6-8(9)11-7;9-7(15(12,13)14)5-3-1-2-4-6(5)8(10)11/h4-6H,1-3H3;1-4,7,9H,(H2,12,13,14). The van der Waals surface area contributed by atoms with E-state index in [1.54, 1.807) is 5.56 Å². The van der Waals surface area contributed by atoms with Gasteiger partial charge in [0, 0.05) is 15.9 Å². The molecule has 7 nitrogen and oxygen atoms in total. The predicted octanol–water partition coefficient (Wildman–Crippen LogP) is 4.21. The number of nitrogens with zero attached hydrogens (tertiary/aromatic N) is 1. The summed E-state index contributed by atoms with van der Waals surface area (Å²) in [5, 5.41) is 19.7. The number of aliphatic hydroxyl groups is 1. The van der Waals surface area contributed by atoms with E-state index in [9.17, 15) is 19.8 Å². The second kappa shape index (κ2) is 7.50. The molecule has 2 bridgehead atoms. The van der Waals surface area contributed by atoms with E-state index in [2.05, 4.69) is 39.0 Å². The summed E-state index contributed by atoms with van der Waals surface area (Å²) in [6.45, 7) is 6.82. The number of para-hydroxylation sites is 1. The van der Waals surface area contributed by atoms with Crippen molar-refractivity contribution in [2.75, 3.05) is 0 Å². The van der Waals surface area contributed by atoms with Gasteiger partial charge < -0.3 is 14.9 Å². The van der Waals surface area contributed by atoms with Gasteiger partial charge in [-0.25, -0.2) is 0 Å². The molecule has 2 aromatic carbocycles. The summed E-state index contributed by atoms with van der Waals surface area (Å²) >= 11 is 1.90. The van der Waals surface area contributed by atoms with Crippen LogP contribution in [-0.2, 0) is 9.98 Å². The van der Waals surface area contributed by atoms with Gasteiger partial charge in [0.05, 0.1) is 10.5 Å². The Bertz CT molecular complexity index is 854. The summed E-state index contributed by atoms with van der Waals surface area (Å²) in [5.74, 6) is -2.17. The Morgan fingerprint density at radius 1 is 1.08 bits per heavy atom. The molecule has 0 saturated carbocycles. The molecule has 1 unspecified atom stereocenters. The van der Waals surface area contributed by atoms with Crippen LogP contribution >= 0.6 is 19.4 Å². The second-order valence-electron chi connectivity index (χ2n) is 6.76. The summed E-state index contributed by atoms with van der Waals surface area (Å²) < 4.78 is 10.7. The van der Waals surface area contributed by atoms with Crippen LogP contribution in [0.1, 0.15) is 37.7 Å². The van der Waals surface area contributed by atoms with Gasteiger partial charge in [-0.05, 0) is 29.2 Å². The summed E-state index contributed by atoms with van der Waals surface area (Å²) in [7, 11) is -4.79. The highest BCUT2D eigenvalue weighted by atomic mass is 32.2. The Labute approximate surface area is 155 Å². The van der Waals surface area contributed by atoms with Gasteiger partial charge in [-0.1, -0.05) is 50.7 Å². The lowest BCUT2D eigenvalue weighted by Gasteiger charge is -2.32. The first kappa shape index (κ1) is 20.6. The highest BCUT2D eigenvalue weighted by molar-refractivity contribution is 8.00. The maximum absolute atomic E-state index is 10.7. The van der Waals surface area contributed by atoms with Gasteiger partial charge in [-0.2, -0.15) is 0 Å². The van der Waals surface area contributed by atoms with Crippen molar-refractivity contribution in [3.8, 4) is 0 Å². The van der Waals surface area contributed by atoms with Crippen molar-refractivity contribution in [3.05, 3.63) is 63.7 Å². The number of nitro groups is 1. The molecule has 0 aliphatic carbocycles. The van der Waals surface area contributed by atoms with Crippen LogP contribution in [0.25, 0.3) is 0 Å². The highest BCUT2D eigenvalue weighted by Crippen LogP contribution is 2.51. The minimum Gasteiger partial charge on any atom is -0.376 e. The maximum Gasteiger partial charge on any atom is 0.358 e. The van der Waals surface area contributed by atoms with Crippen molar-refractivity contribution < 1.29 is 24.4 Å². The normalized spacial score (nSPS) is 13.9. The molecule has 0 aromatic heterocycles. The van der Waals surface area contributed by atoms with Crippen molar-refractivity contribution >= 4 is 25.0 Å². The molecule has 4 rings (SSSR count). The average molecular weight is 397 g/mol. The van der Waals surface area contributed by atoms with Crippen LogP contribution < -0.4 is 0 Å². The molecule has 0 saturated heterocycles. The zero-order chi connectivity index (χ0) is 19.7. The van der Waals surface area contributed by atoms with E-state index in [1.165, 1.54) is 21.9 Å². The molecule has 0 amide bonds. The molecule has 0 spiro atoms. The monoisotopic (exact) mass is 397 g/mol. The Morgan fingerprint density at radius 3 is 2.00 bits per heavy atom. The summed E-state index contributed by atoms with van der Waals surface area (Å²) in [5.41, 5.74) is 0.964. The fourth-order valence-corrected chi connectivity index (χ4v) is 4.54. The van der Waals surface area contributed by atoms with Gasteiger partial charge in [0.1, 0.15) is 0 Å². The largest absolute Gasteiger partial charge is 0.376 e. The van der Waals surface area contributed by atoms with Crippen LogP contribution in [0, 0.1) is 10.1 Å². The molecule has 140 valence electrons. The number of hydrogen-bond donors (Lipinski definition) is 3. The van der Waals surface area contributed by atoms with Gasteiger partial charge in [0.2, 0.25) is 0 Å². The van der Waals surface area contributed by atoms with Crippen LogP contribution in [0.4, 0.5) is 5.69 Å². The third-order valence-corrected chi connectivity index (χ3v) is 5.72. The van der Waals surface area contributed by atoms with Gasteiger partial charge in [0.25, 0.3) is 5.69 Å². The molecule has 2 aliphatic heterocycles. The number of hydrogen-bond acceptors (Lipinski definition) is 5. The van der Waals surface area contributed by atoms with Gasteiger partial charge in [0.15, 0.2) is 5.85 Å². The Hall–Kier alpha value is -1.70. The van der Waals surface area contributed by atoms with Crippen molar-refractivity contribution in [2.24, 2.45) is 0 Å². The minimum atomic E-state index is -4.79. The maximum atomic E-state index is 10.7. The van der Waals surface area contributed by atoms with Gasteiger partial charge >= 0.3 is 7.60 Å². The number of aliphatic hydroxyl groups excluding tert-OH is 1. The first-order valence-electron chi connectivity index (χ1n) is 7.71. The quantitative estimate of drug-likeness (QED) is 0.344. The Kier molecular flexibility index (Phi) is 5.95. The molecular formula is C17H20NO6PS. The van der Waals surface area contributed by atoms with Crippen LogP contribution in [-0.4, -0.2) is 19.8 Å². The molecule has 1 atom stereocenters. The van der Waals surface area contributed by atoms with E-state index < -0.39 is 29.6 Å². The zero-order valence-electron chi connectivity index (χ0n) is 14.5. The first-order valence-corrected chi connectivity index (χ1v) is 10.2. The predicted molar refractivity (Wildman–Crippen MR) is 99.4 cm³/mol. The molecule has 2 aliphatic rings. The highest BCUT2D eigenvalue weighted by Gasteiger charge is 2.33. The van der Waals surface area contributed by atoms with E-state index in [0.717, 1.165) is 12.1 Å². The zero-order valence-corrected chi connectivity index (χ0v) is 16.2. The summed E-state index contributed by atoms with van der Waals surface area (Å²) in [4.78, 5) is 30.0. The fraction of sp³-hybridized carbons (Fsp3) is 0.294. The number of rotatable bonds is 3. The molecule has 9 heteroatoms. The number of nitro benzene ring substituents is 1. The van der Waals surface area contributed by atoms with Crippen LogP contribution in [0.5, 0.6) is 0 Å². The SMILES string of the molecule is CC(C)(C)c1c2cccc1S2.O=[N+]([O-])c1ccccc1C(O)P(=O)(O)O. The van der Waals surface area contributed by atoms with E-state index in [-0.39, 0.29) is 0 Å². The van der Waals surface area contributed by atoms with Crippen molar-refractivity contribution in [1.29, 1.82) is 0 Å². The van der Waals surface area contributed by atoms with Crippen molar-refractivity contribution in [3.63, 3.8) is 0 Å². The van der Waals surface area contributed by atoms with Crippen LogP contribution in [0.3, 0.4) is 0 Å². The smallest absolute Gasteiger partial charge is 0.358 e. The topological polar surface area (TPSA) is 121 Å². The van der Waals surface area contributed by atoms with Crippen LogP contribution in [0.15, 0.2) is 52.3 Å². The van der Waals surface area contributed by atoms with E-state index >= 15 is 0 Å². The lowest BCUT2D eigenvalue weighted by Crippen LogP contribution is -2.17. The Morgan fingerprint density at radius 2 is 1.62 bits per heavy atom. The summed E-state index contributed by atoms with van der Waals surface area (Å²) in [6, 6.07) is 11.4. The van der Waals surface area contributed by atoms with Gasteiger partial charge in [-0.15, -0.1) is 0 Å². The lowest BCUT2D eigenvalue weighted by atomic mass is 9.86.